The Kier molecular flexibility index (Phi) is 5.66. The molecule has 0 aliphatic heterocycles. The lowest BCUT2D eigenvalue weighted by Crippen LogP contribution is -2.11. The molecule has 2 N–H and O–H groups in total. The van der Waals surface area contributed by atoms with Gasteiger partial charge in [-0.05, 0) is 37.5 Å². The fourth-order valence-corrected chi connectivity index (χ4v) is 2.91. The van der Waals surface area contributed by atoms with E-state index in [2.05, 4.69) is 0 Å². The van der Waals surface area contributed by atoms with Gasteiger partial charge in [-0.3, -0.25) is 0 Å². The molecule has 0 aliphatic rings. The summed E-state index contributed by atoms with van der Waals surface area (Å²) in [5.74, 6) is 0.723. The maximum atomic E-state index is 12.3. The van der Waals surface area contributed by atoms with Crippen LogP contribution in [0.2, 0.25) is 0 Å². The minimum atomic E-state index is -0.366. The van der Waals surface area contributed by atoms with Gasteiger partial charge in [-0.2, -0.15) is 0 Å². The Bertz CT molecular complexity index is 659. The molecular formula is C18H23NO3S. The van der Waals surface area contributed by atoms with Crippen molar-refractivity contribution in [2.75, 3.05) is 12.3 Å². The lowest BCUT2D eigenvalue weighted by Gasteiger charge is -2.11. The van der Waals surface area contributed by atoms with E-state index in [-0.39, 0.29) is 18.0 Å². The third-order valence-electron chi connectivity index (χ3n) is 3.11. The van der Waals surface area contributed by atoms with Crippen LogP contribution in [0.25, 0.3) is 11.1 Å². The molecular weight excluding hydrogens is 310 g/mol. The summed E-state index contributed by atoms with van der Waals surface area (Å²) >= 11 is 1.35. The molecule has 1 heterocycles. The quantitative estimate of drug-likeness (QED) is 0.785. The number of thiophene rings is 1. The largest absolute Gasteiger partial charge is 0.491 e. The molecule has 2 aromatic rings. The third kappa shape index (κ3) is 4.48. The van der Waals surface area contributed by atoms with Gasteiger partial charge >= 0.3 is 5.97 Å². The van der Waals surface area contributed by atoms with E-state index < -0.39 is 0 Å². The molecule has 0 bridgehead atoms. The highest BCUT2D eigenvalue weighted by molar-refractivity contribution is 7.14. The van der Waals surface area contributed by atoms with E-state index >= 15 is 0 Å². The first-order valence-electron chi connectivity index (χ1n) is 7.69. The second-order valence-electron chi connectivity index (χ2n) is 6.07. The number of anilines is 1. The molecule has 0 amide bonds. The van der Waals surface area contributed by atoms with Crippen LogP contribution in [0.3, 0.4) is 0 Å². The maximum Gasteiger partial charge on any atom is 0.341 e. The molecule has 1 aromatic carbocycles. The minimum Gasteiger partial charge on any atom is -0.491 e. The predicted molar refractivity (Wildman–Crippen MR) is 95.1 cm³/mol. The zero-order chi connectivity index (χ0) is 17.0. The van der Waals surface area contributed by atoms with Crippen LogP contribution >= 0.6 is 11.3 Å². The highest BCUT2D eigenvalue weighted by atomic mass is 32.1. The molecule has 0 saturated heterocycles. The van der Waals surface area contributed by atoms with E-state index in [4.69, 9.17) is 15.2 Å². The van der Waals surface area contributed by atoms with Crippen LogP contribution in [0, 0.1) is 5.92 Å². The van der Waals surface area contributed by atoms with E-state index in [0.717, 1.165) is 16.9 Å². The first-order valence-corrected chi connectivity index (χ1v) is 8.57. The molecule has 0 atom stereocenters. The number of nitrogen functional groups attached to an aromatic ring is 1. The molecule has 0 fully saturated rings. The Morgan fingerprint density at radius 3 is 2.39 bits per heavy atom. The number of rotatable bonds is 6. The average Bonchev–Trinajstić information content (AvgIpc) is 2.87. The molecule has 0 aliphatic carbocycles. The van der Waals surface area contributed by atoms with Crippen molar-refractivity contribution in [2.24, 2.45) is 5.92 Å². The van der Waals surface area contributed by atoms with Gasteiger partial charge in [-0.25, -0.2) is 4.79 Å². The van der Waals surface area contributed by atoms with Crippen molar-refractivity contribution in [3.05, 3.63) is 35.2 Å². The van der Waals surface area contributed by atoms with E-state index in [1.165, 1.54) is 11.3 Å². The number of hydrogen-bond donors (Lipinski definition) is 1. The smallest absolute Gasteiger partial charge is 0.341 e. The molecule has 0 saturated carbocycles. The van der Waals surface area contributed by atoms with Crippen molar-refractivity contribution < 1.29 is 14.3 Å². The zero-order valence-corrected chi connectivity index (χ0v) is 14.8. The van der Waals surface area contributed by atoms with Gasteiger partial charge in [-0.1, -0.05) is 26.0 Å². The Labute approximate surface area is 141 Å². The van der Waals surface area contributed by atoms with Crippen molar-refractivity contribution in [3.63, 3.8) is 0 Å². The van der Waals surface area contributed by atoms with Crippen LogP contribution < -0.4 is 10.5 Å². The van der Waals surface area contributed by atoms with Crippen LogP contribution in [0.1, 0.15) is 38.1 Å². The molecule has 0 unspecified atom stereocenters. The van der Waals surface area contributed by atoms with Gasteiger partial charge < -0.3 is 15.2 Å². The Hall–Kier alpha value is -2.01. The second-order valence-corrected chi connectivity index (χ2v) is 6.98. The number of ether oxygens (including phenoxy) is 2. The summed E-state index contributed by atoms with van der Waals surface area (Å²) < 4.78 is 11.0. The summed E-state index contributed by atoms with van der Waals surface area (Å²) in [5.41, 5.74) is 8.15. The van der Waals surface area contributed by atoms with Gasteiger partial charge in [0.2, 0.25) is 0 Å². The number of benzene rings is 1. The molecule has 4 nitrogen and oxygen atoms in total. The van der Waals surface area contributed by atoms with E-state index in [1.54, 1.807) is 0 Å². The monoisotopic (exact) mass is 333 g/mol. The highest BCUT2D eigenvalue weighted by Crippen LogP contribution is 2.35. The Morgan fingerprint density at radius 2 is 1.83 bits per heavy atom. The summed E-state index contributed by atoms with van der Waals surface area (Å²) in [4.78, 5) is 12.3. The van der Waals surface area contributed by atoms with E-state index in [0.29, 0.717) is 17.2 Å². The second kappa shape index (κ2) is 7.51. The number of carbonyl (C=O) groups excluding carboxylic acids is 1. The van der Waals surface area contributed by atoms with Crippen LogP contribution in [-0.2, 0) is 4.74 Å². The van der Waals surface area contributed by atoms with E-state index in [1.807, 2.05) is 57.3 Å². The average molecular weight is 333 g/mol. The van der Waals surface area contributed by atoms with Crippen LogP contribution in [-0.4, -0.2) is 18.7 Å². The first kappa shape index (κ1) is 17.3. The fraction of sp³-hybridized carbons (Fsp3) is 0.389. The minimum absolute atomic E-state index is 0.124. The van der Waals surface area contributed by atoms with Gasteiger partial charge in [-0.15, -0.1) is 11.3 Å². The van der Waals surface area contributed by atoms with Crippen molar-refractivity contribution in [1.82, 2.24) is 0 Å². The summed E-state index contributed by atoms with van der Waals surface area (Å²) in [7, 11) is 0. The molecule has 23 heavy (non-hydrogen) atoms. The van der Waals surface area contributed by atoms with Crippen molar-refractivity contribution in [2.45, 2.75) is 33.8 Å². The summed E-state index contributed by atoms with van der Waals surface area (Å²) in [6.07, 6.45) is 0.124. The molecule has 124 valence electrons. The summed E-state index contributed by atoms with van der Waals surface area (Å²) in [6.45, 7) is 8.35. The van der Waals surface area contributed by atoms with Gasteiger partial charge in [0.15, 0.2) is 0 Å². The lowest BCUT2D eigenvalue weighted by atomic mass is 10.0. The fourth-order valence-electron chi connectivity index (χ4n) is 2.10. The van der Waals surface area contributed by atoms with Gasteiger partial charge in [0.05, 0.1) is 12.7 Å². The Morgan fingerprint density at radius 1 is 1.17 bits per heavy atom. The van der Waals surface area contributed by atoms with Gasteiger partial charge in [0, 0.05) is 10.9 Å². The van der Waals surface area contributed by atoms with Crippen molar-refractivity contribution in [1.29, 1.82) is 0 Å². The van der Waals surface area contributed by atoms with E-state index in [9.17, 15) is 4.79 Å². The third-order valence-corrected chi connectivity index (χ3v) is 3.92. The van der Waals surface area contributed by atoms with Crippen molar-refractivity contribution >= 4 is 22.3 Å². The van der Waals surface area contributed by atoms with Gasteiger partial charge in [0.25, 0.3) is 0 Å². The van der Waals surface area contributed by atoms with Crippen LogP contribution in [0.5, 0.6) is 5.75 Å². The van der Waals surface area contributed by atoms with Crippen LogP contribution in [0.4, 0.5) is 5.00 Å². The summed E-state index contributed by atoms with van der Waals surface area (Å²) in [6, 6.07) is 7.65. The SMILES string of the molecule is CC(C)COC(=O)c1c(-c2ccc(OC(C)C)cc2)csc1N. The number of hydrogen-bond acceptors (Lipinski definition) is 5. The zero-order valence-electron chi connectivity index (χ0n) is 14.0. The number of carbonyl (C=O) groups is 1. The molecule has 0 radical (unpaired) electrons. The normalized spacial score (nSPS) is 11.0. The summed E-state index contributed by atoms with van der Waals surface area (Å²) in [5, 5.41) is 2.37. The van der Waals surface area contributed by atoms with Crippen molar-refractivity contribution in [3.8, 4) is 16.9 Å². The molecule has 2 rings (SSSR count). The first-order chi connectivity index (χ1) is 10.9. The lowest BCUT2D eigenvalue weighted by molar-refractivity contribution is 0.0461. The highest BCUT2D eigenvalue weighted by Gasteiger charge is 2.20. The molecule has 1 aromatic heterocycles. The topological polar surface area (TPSA) is 61.5 Å². The predicted octanol–water partition coefficient (Wildman–Crippen LogP) is 4.60. The Balaban J connectivity index is 2.25. The van der Waals surface area contributed by atoms with Gasteiger partial charge in [0.1, 0.15) is 16.3 Å². The number of esters is 1. The molecule has 5 heteroatoms. The standard InChI is InChI=1S/C18H23NO3S/c1-11(2)9-21-18(20)16-15(10-23-17(16)19)13-5-7-14(8-6-13)22-12(3)4/h5-8,10-12H,9,19H2,1-4H3. The number of nitrogens with two attached hydrogens (primary N) is 1. The van der Waals surface area contributed by atoms with Crippen LogP contribution in [0.15, 0.2) is 29.6 Å². The molecule has 0 spiro atoms. The maximum absolute atomic E-state index is 12.3.